The van der Waals surface area contributed by atoms with Gasteiger partial charge < -0.3 is 10.6 Å². The summed E-state index contributed by atoms with van der Waals surface area (Å²) in [7, 11) is 0. The molecule has 0 bridgehead atoms. The van der Waals surface area contributed by atoms with Crippen LogP contribution in [0.3, 0.4) is 0 Å². The second-order valence-corrected chi connectivity index (χ2v) is 3.72. The fraction of sp³-hybridized carbons (Fsp3) is 0.214. The monoisotopic (exact) mass is 259 g/mol. The van der Waals surface area contributed by atoms with Crippen LogP contribution in [0.1, 0.15) is 13.3 Å². The van der Waals surface area contributed by atoms with Crippen LogP contribution in [0.25, 0.3) is 0 Å². The minimum absolute atomic E-state index is 0.161. The van der Waals surface area contributed by atoms with Gasteiger partial charge in [0.15, 0.2) is 0 Å². The van der Waals surface area contributed by atoms with Gasteiger partial charge in [0.05, 0.1) is 11.9 Å². The molecule has 0 aliphatic rings. The summed E-state index contributed by atoms with van der Waals surface area (Å²) < 4.78 is 0. The molecule has 0 aromatic carbocycles. The zero-order chi connectivity index (χ0) is 13.9. The molecule has 5 heteroatoms. The molecule has 1 heterocycles. The van der Waals surface area contributed by atoms with Crippen LogP contribution in [-0.4, -0.2) is 23.3 Å². The fourth-order valence-corrected chi connectivity index (χ4v) is 1.27. The number of anilines is 1. The molecule has 0 aliphatic heterocycles. The van der Waals surface area contributed by atoms with Crippen LogP contribution in [0.15, 0.2) is 48.8 Å². The molecule has 0 spiro atoms. The van der Waals surface area contributed by atoms with Crippen molar-refractivity contribution in [3.63, 3.8) is 0 Å². The largest absolute Gasteiger partial charge is 0.352 e. The second-order valence-electron chi connectivity index (χ2n) is 3.72. The summed E-state index contributed by atoms with van der Waals surface area (Å²) in [5, 5.41) is 5.31. The minimum atomic E-state index is -0.215. The molecule has 0 saturated carbocycles. The molecule has 0 radical (unpaired) electrons. The van der Waals surface area contributed by atoms with Crippen LogP contribution in [-0.2, 0) is 9.59 Å². The Morgan fingerprint density at radius 2 is 2.21 bits per heavy atom. The van der Waals surface area contributed by atoms with Gasteiger partial charge in [-0.1, -0.05) is 18.2 Å². The maximum atomic E-state index is 11.5. The number of aromatic nitrogens is 1. The van der Waals surface area contributed by atoms with Crippen LogP contribution in [0.5, 0.6) is 0 Å². The number of carbonyl (C=O) groups excluding carboxylic acids is 2. The first-order valence-electron chi connectivity index (χ1n) is 5.99. The van der Waals surface area contributed by atoms with Gasteiger partial charge >= 0.3 is 0 Å². The molecule has 2 N–H and O–H groups in total. The maximum absolute atomic E-state index is 11.5. The molecule has 100 valence electrons. The Morgan fingerprint density at radius 1 is 1.37 bits per heavy atom. The number of amides is 2. The van der Waals surface area contributed by atoms with Gasteiger partial charge in [0.1, 0.15) is 0 Å². The van der Waals surface area contributed by atoms with E-state index in [2.05, 4.69) is 15.6 Å². The molecular formula is C14H17N3O2. The molecule has 1 aromatic heterocycles. The Hall–Kier alpha value is -2.43. The number of carbonyl (C=O) groups is 2. The molecule has 0 unspecified atom stereocenters. The van der Waals surface area contributed by atoms with E-state index in [9.17, 15) is 9.59 Å². The van der Waals surface area contributed by atoms with Crippen molar-refractivity contribution in [2.24, 2.45) is 0 Å². The number of rotatable bonds is 6. The van der Waals surface area contributed by atoms with Gasteiger partial charge in [-0.15, -0.1) is 0 Å². The first-order valence-corrected chi connectivity index (χ1v) is 5.99. The summed E-state index contributed by atoms with van der Waals surface area (Å²) in [4.78, 5) is 26.7. The zero-order valence-corrected chi connectivity index (χ0v) is 10.8. The number of nitrogens with one attached hydrogen (secondary N) is 2. The highest BCUT2D eigenvalue weighted by Crippen LogP contribution is 2.02. The Balaban J connectivity index is 2.22. The van der Waals surface area contributed by atoms with E-state index in [4.69, 9.17) is 0 Å². The lowest BCUT2D eigenvalue weighted by Gasteiger charge is -2.04. The molecule has 0 saturated heterocycles. The Kier molecular flexibility index (Phi) is 6.65. The lowest BCUT2D eigenvalue weighted by atomic mass is 10.3. The van der Waals surface area contributed by atoms with E-state index in [1.165, 1.54) is 6.08 Å². The van der Waals surface area contributed by atoms with Gasteiger partial charge in [-0.2, -0.15) is 0 Å². The average Bonchev–Trinajstić information content (AvgIpc) is 2.40. The van der Waals surface area contributed by atoms with Crippen molar-refractivity contribution in [1.29, 1.82) is 0 Å². The highest BCUT2D eigenvalue weighted by atomic mass is 16.2. The average molecular weight is 259 g/mol. The lowest BCUT2D eigenvalue weighted by Crippen LogP contribution is -2.26. The smallest absolute Gasteiger partial charge is 0.243 e. The standard InChI is InChI=1S/C14H17N3O2/c1-2-3-4-7-13(18)16-10-8-14(19)17-12-6-5-9-15-11-12/h2-7,9,11H,8,10H2,1H3,(H,16,18)(H,17,19)/b3-2+,7-4+. The minimum Gasteiger partial charge on any atom is -0.352 e. The van der Waals surface area contributed by atoms with Crippen molar-refractivity contribution in [3.8, 4) is 0 Å². The van der Waals surface area contributed by atoms with Crippen molar-refractivity contribution in [2.45, 2.75) is 13.3 Å². The van der Waals surface area contributed by atoms with E-state index in [1.807, 2.05) is 13.0 Å². The summed E-state index contributed by atoms with van der Waals surface area (Å²) in [6.07, 6.45) is 10.1. The van der Waals surface area contributed by atoms with Crippen molar-refractivity contribution in [1.82, 2.24) is 10.3 Å². The van der Waals surface area contributed by atoms with Gasteiger partial charge in [0.2, 0.25) is 11.8 Å². The summed E-state index contributed by atoms with van der Waals surface area (Å²) in [6.45, 7) is 2.16. The SMILES string of the molecule is C/C=C/C=C/C(=O)NCCC(=O)Nc1cccnc1. The molecule has 0 atom stereocenters. The van der Waals surface area contributed by atoms with E-state index < -0.39 is 0 Å². The summed E-state index contributed by atoms with van der Waals surface area (Å²) >= 11 is 0. The molecule has 1 rings (SSSR count). The van der Waals surface area contributed by atoms with E-state index in [-0.39, 0.29) is 18.2 Å². The molecule has 19 heavy (non-hydrogen) atoms. The summed E-state index contributed by atoms with van der Waals surface area (Å²) in [5.74, 6) is -0.377. The summed E-state index contributed by atoms with van der Waals surface area (Å²) in [6, 6.07) is 3.49. The van der Waals surface area contributed by atoms with E-state index in [0.717, 1.165) is 0 Å². The lowest BCUT2D eigenvalue weighted by molar-refractivity contribution is -0.117. The topological polar surface area (TPSA) is 71.1 Å². The van der Waals surface area contributed by atoms with E-state index >= 15 is 0 Å². The molecule has 2 amide bonds. The van der Waals surface area contributed by atoms with Gasteiger partial charge in [0, 0.05) is 25.2 Å². The van der Waals surface area contributed by atoms with Crippen molar-refractivity contribution in [2.75, 3.05) is 11.9 Å². The van der Waals surface area contributed by atoms with Gasteiger partial charge in [-0.25, -0.2) is 0 Å². The Labute approximate surface area is 112 Å². The van der Waals surface area contributed by atoms with Gasteiger partial charge in [0.25, 0.3) is 0 Å². The molecule has 0 fully saturated rings. The Bertz CT molecular complexity index is 467. The molecular weight excluding hydrogens is 242 g/mol. The third-order valence-corrected chi connectivity index (χ3v) is 2.15. The number of hydrogen-bond acceptors (Lipinski definition) is 3. The van der Waals surface area contributed by atoms with Crippen LogP contribution < -0.4 is 10.6 Å². The predicted molar refractivity (Wildman–Crippen MR) is 74.4 cm³/mol. The van der Waals surface area contributed by atoms with Crippen LogP contribution in [0, 0.1) is 0 Å². The van der Waals surface area contributed by atoms with Crippen molar-refractivity contribution in [3.05, 3.63) is 48.8 Å². The fourth-order valence-electron chi connectivity index (χ4n) is 1.27. The van der Waals surface area contributed by atoms with Crippen LogP contribution in [0.2, 0.25) is 0 Å². The summed E-state index contributed by atoms with van der Waals surface area (Å²) in [5.41, 5.74) is 0.645. The molecule has 0 aliphatic carbocycles. The van der Waals surface area contributed by atoms with Gasteiger partial charge in [-0.3, -0.25) is 14.6 Å². The normalized spacial score (nSPS) is 10.8. The predicted octanol–water partition coefficient (Wildman–Crippen LogP) is 1.66. The van der Waals surface area contributed by atoms with Crippen LogP contribution >= 0.6 is 0 Å². The number of hydrogen-bond donors (Lipinski definition) is 2. The van der Waals surface area contributed by atoms with Crippen molar-refractivity contribution >= 4 is 17.5 Å². The quantitative estimate of drug-likeness (QED) is 0.603. The molecule has 1 aromatic rings. The highest BCUT2D eigenvalue weighted by Gasteiger charge is 2.02. The van der Waals surface area contributed by atoms with Crippen LogP contribution in [0.4, 0.5) is 5.69 Å². The maximum Gasteiger partial charge on any atom is 0.243 e. The second kappa shape index (κ2) is 8.63. The van der Waals surface area contributed by atoms with Crippen molar-refractivity contribution < 1.29 is 9.59 Å². The number of pyridine rings is 1. The first kappa shape index (κ1) is 14.6. The van der Waals surface area contributed by atoms with E-state index in [0.29, 0.717) is 12.2 Å². The molecule has 5 nitrogen and oxygen atoms in total. The van der Waals surface area contributed by atoms with E-state index in [1.54, 1.807) is 36.7 Å². The zero-order valence-electron chi connectivity index (χ0n) is 10.8. The van der Waals surface area contributed by atoms with Gasteiger partial charge in [-0.05, 0) is 19.1 Å². The number of nitrogens with zero attached hydrogens (tertiary/aromatic N) is 1. The number of allylic oxidation sites excluding steroid dienone is 3. The first-order chi connectivity index (χ1) is 9.22. The highest BCUT2D eigenvalue weighted by molar-refractivity contribution is 5.91. The Morgan fingerprint density at radius 3 is 2.89 bits per heavy atom. The third kappa shape index (κ3) is 6.78. The third-order valence-electron chi connectivity index (χ3n) is 2.15.